The van der Waals surface area contributed by atoms with Crippen LogP contribution in [0.3, 0.4) is 0 Å². The number of carbonyl (C=O) groups excluding carboxylic acids is 1. The van der Waals surface area contributed by atoms with Gasteiger partial charge in [-0.25, -0.2) is 4.79 Å². The van der Waals surface area contributed by atoms with Gasteiger partial charge in [0.2, 0.25) is 0 Å². The molecular weight excluding hydrogens is 430 g/mol. The zero-order valence-electron chi connectivity index (χ0n) is 16.2. The molecule has 0 spiro atoms. The molecule has 0 aliphatic carbocycles. The van der Waals surface area contributed by atoms with E-state index in [4.69, 9.17) is 9.47 Å². The molecule has 1 aromatic heterocycles. The summed E-state index contributed by atoms with van der Waals surface area (Å²) in [6.07, 6.45) is 0.765. The number of benzene rings is 3. The highest BCUT2D eigenvalue weighted by molar-refractivity contribution is 9.10. The summed E-state index contributed by atoms with van der Waals surface area (Å²) in [5.74, 6) is 0.567. The molecule has 0 atom stereocenters. The van der Waals surface area contributed by atoms with E-state index < -0.39 is 0 Å². The Labute approximate surface area is 178 Å². The maximum absolute atomic E-state index is 12.6. The van der Waals surface area contributed by atoms with E-state index in [9.17, 15) is 4.79 Å². The van der Waals surface area contributed by atoms with E-state index in [2.05, 4.69) is 34.1 Å². The first kappa shape index (κ1) is 19.5. The summed E-state index contributed by atoms with van der Waals surface area (Å²) < 4.78 is 14.1. The van der Waals surface area contributed by atoms with Crippen molar-refractivity contribution >= 4 is 43.6 Å². The van der Waals surface area contributed by atoms with Gasteiger partial charge in [0, 0.05) is 22.8 Å². The summed E-state index contributed by atoms with van der Waals surface area (Å²) in [4.78, 5) is 12.6. The molecule has 0 radical (unpaired) electrons. The molecule has 0 fully saturated rings. The van der Waals surface area contributed by atoms with Crippen molar-refractivity contribution in [2.45, 2.75) is 19.9 Å². The maximum Gasteiger partial charge on any atom is 0.356 e. The van der Waals surface area contributed by atoms with Crippen molar-refractivity contribution in [3.63, 3.8) is 0 Å². The van der Waals surface area contributed by atoms with Crippen molar-refractivity contribution in [3.05, 3.63) is 76.9 Å². The molecule has 4 rings (SSSR count). The molecule has 0 bridgehead atoms. The number of nitrogens with zero attached hydrogens (tertiary/aromatic N) is 1. The fraction of sp³-hybridized carbons (Fsp3) is 0.208. The average molecular weight is 452 g/mol. The van der Waals surface area contributed by atoms with Gasteiger partial charge in [-0.2, -0.15) is 0 Å². The lowest BCUT2D eigenvalue weighted by Crippen LogP contribution is -2.14. The van der Waals surface area contributed by atoms with Crippen molar-refractivity contribution in [3.8, 4) is 5.75 Å². The zero-order chi connectivity index (χ0) is 20.2. The van der Waals surface area contributed by atoms with Crippen LogP contribution in [0.1, 0.15) is 23.8 Å². The first-order valence-electron chi connectivity index (χ1n) is 9.75. The number of aromatic nitrogens is 1. The third-order valence-electron chi connectivity index (χ3n) is 4.91. The normalized spacial score (nSPS) is 11.1. The number of fused-ring (bicyclic) bond motifs is 2. The summed E-state index contributed by atoms with van der Waals surface area (Å²) in [6, 6.07) is 22.3. The molecule has 3 aromatic carbocycles. The Morgan fingerprint density at radius 1 is 0.966 bits per heavy atom. The molecule has 1 heterocycles. The Morgan fingerprint density at radius 2 is 1.69 bits per heavy atom. The Hall–Kier alpha value is -2.79. The summed E-state index contributed by atoms with van der Waals surface area (Å²) in [7, 11) is 0. The summed E-state index contributed by atoms with van der Waals surface area (Å²) >= 11 is 3.59. The van der Waals surface area contributed by atoms with E-state index in [-0.39, 0.29) is 5.97 Å². The van der Waals surface area contributed by atoms with Crippen molar-refractivity contribution < 1.29 is 14.3 Å². The lowest BCUT2D eigenvalue weighted by atomic mass is 10.1. The van der Waals surface area contributed by atoms with Gasteiger partial charge in [-0.15, -0.1) is 0 Å². The fourth-order valence-electron chi connectivity index (χ4n) is 3.62. The van der Waals surface area contributed by atoms with E-state index >= 15 is 0 Å². The van der Waals surface area contributed by atoms with E-state index in [1.54, 1.807) is 0 Å². The molecule has 5 heteroatoms. The Morgan fingerprint density at radius 3 is 2.52 bits per heavy atom. The van der Waals surface area contributed by atoms with Gasteiger partial charge in [0.25, 0.3) is 0 Å². The molecule has 4 aromatic rings. The van der Waals surface area contributed by atoms with Crippen LogP contribution < -0.4 is 4.74 Å². The molecule has 0 N–H and O–H groups in total. The largest absolute Gasteiger partial charge is 0.493 e. The average Bonchev–Trinajstić information content (AvgIpc) is 3.03. The topological polar surface area (TPSA) is 40.5 Å². The number of aryl methyl sites for hydroxylation is 1. The SMILES string of the molecule is CCOC(=O)c1c(Br)c2ccccc2n1CCCOc1cccc2ccccc12. The van der Waals surface area contributed by atoms with E-state index in [0.717, 1.165) is 38.3 Å². The number of esters is 1. The van der Waals surface area contributed by atoms with Crippen LogP contribution in [0.4, 0.5) is 0 Å². The number of para-hydroxylation sites is 1. The van der Waals surface area contributed by atoms with Gasteiger partial charge in [0.05, 0.1) is 17.7 Å². The molecule has 0 unspecified atom stereocenters. The Bertz CT molecular complexity index is 1160. The first-order valence-corrected chi connectivity index (χ1v) is 10.5. The lowest BCUT2D eigenvalue weighted by Gasteiger charge is -2.12. The summed E-state index contributed by atoms with van der Waals surface area (Å²) in [5.41, 5.74) is 1.56. The standard InChI is InChI=1S/C24H22BrNO3/c1-2-28-24(27)23-22(25)19-12-5-6-13-20(19)26(23)15-8-16-29-21-14-7-10-17-9-3-4-11-18(17)21/h3-7,9-14H,2,8,15-16H2,1H3. The number of ether oxygens (including phenoxy) is 2. The predicted molar refractivity (Wildman–Crippen MR) is 120 cm³/mol. The van der Waals surface area contributed by atoms with Gasteiger partial charge in [-0.1, -0.05) is 54.6 Å². The molecule has 148 valence electrons. The highest BCUT2D eigenvalue weighted by atomic mass is 79.9. The van der Waals surface area contributed by atoms with Crippen LogP contribution in [0, 0.1) is 0 Å². The third kappa shape index (κ3) is 3.87. The van der Waals surface area contributed by atoms with Crippen molar-refractivity contribution in [1.29, 1.82) is 0 Å². The molecule has 0 aliphatic rings. The van der Waals surface area contributed by atoms with Gasteiger partial charge in [0.1, 0.15) is 11.4 Å². The number of carbonyl (C=O) groups is 1. The van der Waals surface area contributed by atoms with Crippen molar-refractivity contribution in [1.82, 2.24) is 4.57 Å². The van der Waals surface area contributed by atoms with Gasteiger partial charge >= 0.3 is 5.97 Å². The van der Waals surface area contributed by atoms with Gasteiger partial charge in [-0.05, 0) is 46.8 Å². The number of halogens is 1. The monoisotopic (exact) mass is 451 g/mol. The second kappa shape index (κ2) is 8.70. The Kier molecular flexibility index (Phi) is 5.86. The second-order valence-electron chi connectivity index (χ2n) is 6.73. The van der Waals surface area contributed by atoms with E-state index in [1.807, 2.05) is 60.0 Å². The highest BCUT2D eigenvalue weighted by Gasteiger charge is 2.22. The minimum absolute atomic E-state index is 0.314. The van der Waals surface area contributed by atoms with Gasteiger partial charge < -0.3 is 14.0 Å². The maximum atomic E-state index is 12.6. The highest BCUT2D eigenvalue weighted by Crippen LogP contribution is 2.32. The summed E-state index contributed by atoms with van der Waals surface area (Å²) in [5, 5.41) is 3.27. The van der Waals surface area contributed by atoms with E-state index in [1.165, 1.54) is 0 Å². The lowest BCUT2D eigenvalue weighted by molar-refractivity contribution is 0.0512. The first-order chi connectivity index (χ1) is 14.2. The fourth-order valence-corrected chi connectivity index (χ4v) is 4.33. The molecule has 0 saturated carbocycles. The second-order valence-corrected chi connectivity index (χ2v) is 7.52. The minimum atomic E-state index is -0.314. The predicted octanol–water partition coefficient (Wildman–Crippen LogP) is 6.20. The molecule has 0 saturated heterocycles. The molecular formula is C24H22BrNO3. The van der Waals surface area contributed by atoms with Gasteiger partial charge in [-0.3, -0.25) is 0 Å². The molecule has 29 heavy (non-hydrogen) atoms. The molecule has 4 nitrogen and oxygen atoms in total. The van der Waals surface area contributed by atoms with Crippen LogP contribution in [0.25, 0.3) is 21.7 Å². The zero-order valence-corrected chi connectivity index (χ0v) is 17.8. The van der Waals surface area contributed by atoms with Crippen LogP contribution in [0.2, 0.25) is 0 Å². The van der Waals surface area contributed by atoms with Crippen LogP contribution in [0.5, 0.6) is 5.75 Å². The van der Waals surface area contributed by atoms with Crippen molar-refractivity contribution in [2.24, 2.45) is 0 Å². The van der Waals surface area contributed by atoms with Crippen LogP contribution >= 0.6 is 15.9 Å². The third-order valence-corrected chi connectivity index (χ3v) is 5.71. The molecule has 0 aliphatic heterocycles. The van der Waals surface area contributed by atoms with Crippen LogP contribution in [0.15, 0.2) is 71.2 Å². The number of rotatable bonds is 7. The number of hydrogen-bond acceptors (Lipinski definition) is 3. The number of hydrogen-bond donors (Lipinski definition) is 0. The van der Waals surface area contributed by atoms with Crippen LogP contribution in [-0.2, 0) is 11.3 Å². The van der Waals surface area contributed by atoms with Gasteiger partial charge in [0.15, 0.2) is 0 Å². The van der Waals surface area contributed by atoms with Crippen molar-refractivity contribution in [2.75, 3.05) is 13.2 Å². The minimum Gasteiger partial charge on any atom is -0.493 e. The van der Waals surface area contributed by atoms with E-state index in [0.29, 0.717) is 25.5 Å². The smallest absolute Gasteiger partial charge is 0.356 e. The Balaban J connectivity index is 1.53. The quantitative estimate of drug-likeness (QED) is 0.248. The summed E-state index contributed by atoms with van der Waals surface area (Å²) in [6.45, 7) is 3.37. The molecule has 0 amide bonds. The van der Waals surface area contributed by atoms with Crippen LogP contribution in [-0.4, -0.2) is 23.8 Å².